The van der Waals surface area contributed by atoms with Crippen LogP contribution in [0.3, 0.4) is 0 Å². The van der Waals surface area contributed by atoms with E-state index >= 15 is 0 Å². The molecule has 0 bridgehead atoms. The number of allylic oxidation sites excluding steroid dienone is 2. The van der Waals surface area contributed by atoms with E-state index in [1.54, 1.807) is 44.6 Å². The Morgan fingerprint density at radius 3 is 2.20 bits per heavy atom. The van der Waals surface area contributed by atoms with E-state index in [2.05, 4.69) is 5.32 Å². The summed E-state index contributed by atoms with van der Waals surface area (Å²) in [5.74, 6) is 0.857. The molecule has 1 heterocycles. The lowest BCUT2D eigenvalue weighted by Crippen LogP contribution is -2.29. The van der Waals surface area contributed by atoms with Gasteiger partial charge in [-0.15, -0.1) is 0 Å². The summed E-state index contributed by atoms with van der Waals surface area (Å²) in [6, 6.07) is 10.6. The number of hydrogen-bond donors (Lipinski definition) is 1. The van der Waals surface area contributed by atoms with E-state index in [0.29, 0.717) is 46.9 Å². The van der Waals surface area contributed by atoms with Gasteiger partial charge < -0.3 is 14.8 Å². The first kappa shape index (κ1) is 15.4. The smallest absolute Gasteiger partial charge is 0.210 e. The number of carbonyl (C=O) groups excluding carboxylic acids is 2. The summed E-state index contributed by atoms with van der Waals surface area (Å²) in [6.45, 7) is 0.572. The summed E-state index contributed by atoms with van der Waals surface area (Å²) < 4.78 is 10.8. The van der Waals surface area contributed by atoms with Crippen molar-refractivity contribution in [2.75, 3.05) is 20.8 Å². The molecule has 0 fully saturated rings. The minimum absolute atomic E-state index is 0.145. The van der Waals surface area contributed by atoms with Gasteiger partial charge in [-0.25, -0.2) is 0 Å². The highest BCUT2D eigenvalue weighted by Gasteiger charge is 2.35. The zero-order valence-electron chi connectivity index (χ0n) is 14.0. The molecule has 0 saturated carbocycles. The molecule has 2 aromatic rings. The fraction of sp³-hybridized carbons (Fsp3) is 0.200. The van der Waals surface area contributed by atoms with Crippen LogP contribution < -0.4 is 14.8 Å². The Bertz CT molecular complexity index is 943. The van der Waals surface area contributed by atoms with Gasteiger partial charge in [0.2, 0.25) is 5.78 Å². The van der Waals surface area contributed by atoms with Crippen molar-refractivity contribution in [1.82, 2.24) is 5.32 Å². The van der Waals surface area contributed by atoms with Crippen LogP contribution in [0.25, 0.3) is 5.57 Å². The van der Waals surface area contributed by atoms with Crippen LogP contribution in [0.4, 0.5) is 0 Å². The molecule has 0 unspecified atom stereocenters. The molecule has 0 atom stereocenters. The number of nitrogens with one attached hydrogen (secondary N) is 1. The van der Waals surface area contributed by atoms with Crippen LogP contribution in [0.5, 0.6) is 11.5 Å². The molecule has 2 aromatic carbocycles. The molecule has 0 amide bonds. The molecule has 126 valence electrons. The van der Waals surface area contributed by atoms with Crippen molar-refractivity contribution in [3.8, 4) is 11.5 Å². The Hall–Kier alpha value is -3.08. The Labute approximate surface area is 145 Å². The second-order valence-corrected chi connectivity index (χ2v) is 5.99. The van der Waals surface area contributed by atoms with Gasteiger partial charge in [0.1, 0.15) is 0 Å². The van der Waals surface area contributed by atoms with Crippen LogP contribution in [0, 0.1) is 0 Å². The first-order chi connectivity index (χ1) is 12.2. The van der Waals surface area contributed by atoms with Crippen LogP contribution in [-0.2, 0) is 6.42 Å². The molecule has 1 aliphatic heterocycles. The molecule has 1 N–H and O–H groups in total. The number of rotatable bonds is 2. The second kappa shape index (κ2) is 5.77. The second-order valence-electron chi connectivity index (χ2n) is 5.99. The predicted molar refractivity (Wildman–Crippen MR) is 93.3 cm³/mol. The number of hydrogen-bond acceptors (Lipinski definition) is 5. The zero-order valence-corrected chi connectivity index (χ0v) is 14.0. The van der Waals surface area contributed by atoms with Gasteiger partial charge in [0.15, 0.2) is 17.3 Å². The molecule has 0 radical (unpaired) electrons. The fourth-order valence-electron chi connectivity index (χ4n) is 3.48. The summed E-state index contributed by atoms with van der Waals surface area (Å²) in [5.41, 5.74) is 3.35. The van der Waals surface area contributed by atoms with Crippen LogP contribution in [0.1, 0.15) is 31.8 Å². The first-order valence-corrected chi connectivity index (χ1v) is 8.07. The zero-order chi connectivity index (χ0) is 17.6. The van der Waals surface area contributed by atoms with Crippen molar-refractivity contribution in [2.45, 2.75) is 6.42 Å². The standard InChI is InChI=1S/C20H17NO4/c1-24-15-9-11-7-8-21-18-17(14(11)10-16(15)25-2)19(22)12-5-3-4-6-13(12)20(18)23/h3-6,9-10,21H,7-8H2,1-2H3. The third kappa shape index (κ3) is 2.23. The van der Waals surface area contributed by atoms with Gasteiger partial charge in [0, 0.05) is 17.7 Å². The van der Waals surface area contributed by atoms with Crippen LogP contribution in [-0.4, -0.2) is 32.3 Å². The number of ether oxygens (including phenoxy) is 2. The lowest BCUT2D eigenvalue weighted by Gasteiger charge is -2.21. The number of benzene rings is 2. The van der Waals surface area contributed by atoms with Gasteiger partial charge in [-0.05, 0) is 29.7 Å². The average molecular weight is 335 g/mol. The molecule has 2 aliphatic rings. The van der Waals surface area contributed by atoms with Crippen LogP contribution in [0.15, 0.2) is 42.1 Å². The first-order valence-electron chi connectivity index (χ1n) is 8.07. The van der Waals surface area contributed by atoms with Crippen molar-refractivity contribution in [1.29, 1.82) is 0 Å². The van der Waals surface area contributed by atoms with Crippen LogP contribution in [0.2, 0.25) is 0 Å². The van der Waals surface area contributed by atoms with Crippen LogP contribution >= 0.6 is 0 Å². The van der Waals surface area contributed by atoms with E-state index in [9.17, 15) is 9.59 Å². The van der Waals surface area contributed by atoms with Crippen molar-refractivity contribution in [3.05, 3.63) is 64.3 Å². The van der Waals surface area contributed by atoms with E-state index in [1.165, 1.54) is 0 Å². The maximum absolute atomic E-state index is 13.1. The Morgan fingerprint density at radius 1 is 0.880 bits per heavy atom. The molecule has 5 heteroatoms. The number of carbonyl (C=O) groups is 2. The van der Waals surface area contributed by atoms with Gasteiger partial charge in [-0.1, -0.05) is 24.3 Å². The highest BCUT2D eigenvalue weighted by atomic mass is 16.5. The molecule has 0 spiro atoms. The fourth-order valence-corrected chi connectivity index (χ4v) is 3.48. The monoisotopic (exact) mass is 335 g/mol. The van der Waals surface area contributed by atoms with Crippen molar-refractivity contribution >= 4 is 17.1 Å². The lowest BCUT2D eigenvalue weighted by atomic mass is 9.83. The quantitative estimate of drug-likeness (QED) is 0.914. The largest absolute Gasteiger partial charge is 0.493 e. The van der Waals surface area contributed by atoms with Crippen molar-refractivity contribution in [3.63, 3.8) is 0 Å². The number of methoxy groups -OCH3 is 2. The summed E-state index contributed by atoms with van der Waals surface area (Å²) in [5, 5.41) is 3.15. The Balaban J connectivity index is 1.99. The molecule has 1 aliphatic carbocycles. The van der Waals surface area contributed by atoms with E-state index in [-0.39, 0.29) is 11.6 Å². The molecule has 4 rings (SSSR count). The summed E-state index contributed by atoms with van der Waals surface area (Å²) >= 11 is 0. The van der Waals surface area contributed by atoms with Crippen molar-refractivity contribution in [2.24, 2.45) is 0 Å². The molecule has 0 saturated heterocycles. The molecule has 0 aromatic heterocycles. The highest BCUT2D eigenvalue weighted by Crippen LogP contribution is 2.39. The Morgan fingerprint density at radius 2 is 1.52 bits per heavy atom. The van der Waals surface area contributed by atoms with Gasteiger partial charge in [-0.3, -0.25) is 9.59 Å². The summed E-state index contributed by atoms with van der Waals surface area (Å²) in [7, 11) is 3.13. The highest BCUT2D eigenvalue weighted by molar-refractivity contribution is 6.40. The average Bonchev–Trinajstić information content (AvgIpc) is 2.84. The minimum Gasteiger partial charge on any atom is -0.493 e. The van der Waals surface area contributed by atoms with Gasteiger partial charge in [-0.2, -0.15) is 0 Å². The van der Waals surface area contributed by atoms with E-state index in [1.807, 2.05) is 6.07 Å². The van der Waals surface area contributed by atoms with Crippen molar-refractivity contribution < 1.29 is 19.1 Å². The maximum atomic E-state index is 13.1. The SMILES string of the molecule is COc1cc2c(cc1OC)C1=C(NCC2)C(=O)c2ccccc2C1=O. The number of fused-ring (bicyclic) bond motifs is 3. The van der Waals surface area contributed by atoms with E-state index < -0.39 is 0 Å². The van der Waals surface area contributed by atoms with Gasteiger partial charge in [0.05, 0.1) is 25.5 Å². The summed E-state index contributed by atoms with van der Waals surface area (Å²) in [4.78, 5) is 26.1. The summed E-state index contributed by atoms with van der Waals surface area (Å²) in [6.07, 6.45) is 0.680. The molecular formula is C20H17NO4. The van der Waals surface area contributed by atoms with E-state index in [0.717, 1.165) is 11.1 Å². The number of Topliss-reactive ketones (excluding diaryl/α,β-unsaturated/α-hetero) is 2. The van der Waals surface area contributed by atoms with Gasteiger partial charge >= 0.3 is 0 Å². The Kier molecular flexibility index (Phi) is 3.57. The van der Waals surface area contributed by atoms with Gasteiger partial charge in [0.25, 0.3) is 0 Å². The normalized spacial score (nSPS) is 15.6. The number of ketones is 2. The third-order valence-electron chi connectivity index (χ3n) is 4.70. The molecule has 25 heavy (non-hydrogen) atoms. The predicted octanol–water partition coefficient (Wildman–Crippen LogP) is 2.64. The third-order valence-corrected chi connectivity index (χ3v) is 4.70. The van der Waals surface area contributed by atoms with E-state index in [4.69, 9.17) is 9.47 Å². The topological polar surface area (TPSA) is 64.6 Å². The maximum Gasteiger partial charge on any atom is 0.210 e. The molecule has 5 nitrogen and oxygen atoms in total. The molecular weight excluding hydrogens is 318 g/mol. The minimum atomic E-state index is -0.146. The lowest BCUT2D eigenvalue weighted by molar-refractivity contribution is 0.0986.